The Morgan fingerprint density at radius 1 is 0.879 bits per heavy atom. The van der Waals surface area contributed by atoms with Gasteiger partial charge < -0.3 is 54.7 Å². The molecule has 1 aliphatic heterocycles. The van der Waals surface area contributed by atoms with Crippen LogP contribution in [0.1, 0.15) is 0 Å². The SMILES string of the molecule is O=c1c(-c2ccc(O)c(O)c2)coc2c(O[C@H]3O[C@H](CO)[C@@H](O)[C@H](O)[C@H]3O)c(O)cc(O)c12. The molecule has 1 fully saturated rings. The maximum atomic E-state index is 13.1. The van der Waals surface area contributed by atoms with Gasteiger partial charge in [-0.25, -0.2) is 0 Å². The number of aromatic hydroxyl groups is 4. The molecule has 0 unspecified atom stereocenters. The zero-order valence-corrected chi connectivity index (χ0v) is 16.7. The third-order valence-corrected chi connectivity index (χ3v) is 5.33. The van der Waals surface area contributed by atoms with E-state index >= 15 is 0 Å². The molecule has 0 spiro atoms. The van der Waals surface area contributed by atoms with E-state index in [2.05, 4.69) is 0 Å². The lowest BCUT2D eigenvalue weighted by Gasteiger charge is -2.39. The molecule has 0 aliphatic carbocycles. The molecule has 2 aromatic carbocycles. The fraction of sp³-hybridized carbons (Fsp3) is 0.286. The van der Waals surface area contributed by atoms with E-state index in [9.17, 15) is 45.6 Å². The van der Waals surface area contributed by atoms with Crippen LogP contribution in [0.5, 0.6) is 28.7 Å². The van der Waals surface area contributed by atoms with E-state index in [-0.39, 0.29) is 11.1 Å². The minimum Gasteiger partial charge on any atom is -0.507 e. The van der Waals surface area contributed by atoms with Crippen LogP contribution < -0.4 is 10.2 Å². The molecule has 8 N–H and O–H groups in total. The third-order valence-electron chi connectivity index (χ3n) is 5.33. The quantitative estimate of drug-likeness (QED) is 0.229. The van der Waals surface area contributed by atoms with Crippen LogP contribution in [0.15, 0.2) is 39.7 Å². The predicted octanol–water partition coefficient (Wildman–Crippen LogP) is -0.539. The number of benzene rings is 2. The zero-order chi connectivity index (χ0) is 24.0. The minimum atomic E-state index is -1.81. The van der Waals surface area contributed by atoms with Crippen LogP contribution in [0.3, 0.4) is 0 Å². The molecular formula is C21H20O12. The monoisotopic (exact) mass is 464 g/mol. The summed E-state index contributed by atoms with van der Waals surface area (Å²) in [5, 5.41) is 78.7. The lowest BCUT2D eigenvalue weighted by atomic mass is 9.99. The molecule has 1 saturated heterocycles. The summed E-state index contributed by atoms with van der Waals surface area (Å²) in [5.74, 6) is -2.79. The van der Waals surface area contributed by atoms with E-state index in [1.807, 2.05) is 0 Å². The molecule has 4 rings (SSSR count). The van der Waals surface area contributed by atoms with Crippen molar-refractivity contribution in [1.29, 1.82) is 0 Å². The van der Waals surface area contributed by atoms with Crippen LogP contribution in [0.25, 0.3) is 22.1 Å². The molecule has 176 valence electrons. The lowest BCUT2D eigenvalue weighted by molar-refractivity contribution is -0.277. The Bertz CT molecular complexity index is 1250. The molecule has 33 heavy (non-hydrogen) atoms. The van der Waals surface area contributed by atoms with Gasteiger partial charge in [-0.2, -0.15) is 0 Å². The summed E-state index contributed by atoms with van der Waals surface area (Å²) in [7, 11) is 0. The van der Waals surface area contributed by atoms with Crippen LogP contribution >= 0.6 is 0 Å². The average molecular weight is 464 g/mol. The first-order valence-electron chi connectivity index (χ1n) is 9.64. The molecule has 0 bridgehead atoms. The standard InChI is InChI=1S/C21H20O12/c22-5-13-16(28)17(29)18(30)21(32-13)33-19-12(26)4-11(25)14-15(27)8(6-31-20(14)19)7-1-2-9(23)10(24)3-7/h1-4,6,13,16-18,21-26,28-30H,5H2/t13-,16-,17+,18-,21-/m1/s1. The topological polar surface area (TPSA) is 211 Å². The van der Waals surface area contributed by atoms with Crippen molar-refractivity contribution in [2.75, 3.05) is 6.61 Å². The first kappa shape index (κ1) is 22.6. The molecule has 0 saturated carbocycles. The van der Waals surface area contributed by atoms with Crippen molar-refractivity contribution < 1.29 is 54.7 Å². The first-order valence-corrected chi connectivity index (χ1v) is 9.64. The van der Waals surface area contributed by atoms with Crippen molar-refractivity contribution in [2.24, 2.45) is 0 Å². The Kier molecular flexibility index (Phi) is 5.78. The molecule has 3 aromatic rings. The fourth-order valence-corrected chi connectivity index (χ4v) is 3.54. The number of aliphatic hydroxyl groups is 4. The van der Waals surface area contributed by atoms with Crippen LogP contribution in [-0.4, -0.2) is 78.2 Å². The van der Waals surface area contributed by atoms with Crippen molar-refractivity contribution in [3.05, 3.63) is 40.8 Å². The van der Waals surface area contributed by atoms with Gasteiger partial charge in [-0.05, 0) is 17.7 Å². The van der Waals surface area contributed by atoms with Gasteiger partial charge in [0.05, 0.1) is 12.2 Å². The van der Waals surface area contributed by atoms with E-state index in [1.165, 1.54) is 6.07 Å². The highest BCUT2D eigenvalue weighted by Gasteiger charge is 2.45. The second-order valence-electron chi connectivity index (χ2n) is 7.45. The summed E-state index contributed by atoms with van der Waals surface area (Å²) in [4.78, 5) is 13.1. The van der Waals surface area contributed by atoms with Gasteiger partial charge in [0.25, 0.3) is 0 Å². The summed E-state index contributed by atoms with van der Waals surface area (Å²) < 4.78 is 16.1. The van der Waals surface area contributed by atoms with Gasteiger partial charge in [0.2, 0.25) is 17.5 Å². The number of hydrogen-bond acceptors (Lipinski definition) is 12. The molecule has 5 atom stereocenters. The summed E-state index contributed by atoms with van der Waals surface area (Å²) in [5.41, 5.74) is -1.15. The largest absolute Gasteiger partial charge is 0.507 e. The number of phenolic OH excluding ortho intramolecular Hbond substituents is 4. The molecular weight excluding hydrogens is 444 g/mol. The molecule has 0 radical (unpaired) electrons. The van der Waals surface area contributed by atoms with Gasteiger partial charge >= 0.3 is 0 Å². The number of rotatable bonds is 4. The number of aliphatic hydroxyl groups excluding tert-OH is 4. The second-order valence-corrected chi connectivity index (χ2v) is 7.45. The Morgan fingerprint density at radius 3 is 2.27 bits per heavy atom. The molecule has 2 heterocycles. The first-order chi connectivity index (χ1) is 15.6. The highest BCUT2D eigenvalue weighted by Crippen LogP contribution is 2.41. The summed E-state index contributed by atoms with van der Waals surface area (Å²) in [6.45, 7) is -0.717. The molecule has 12 heteroatoms. The smallest absolute Gasteiger partial charge is 0.229 e. The van der Waals surface area contributed by atoms with Crippen molar-refractivity contribution in [1.82, 2.24) is 0 Å². The van der Waals surface area contributed by atoms with Crippen molar-refractivity contribution >= 4 is 11.0 Å². The van der Waals surface area contributed by atoms with E-state index in [4.69, 9.17) is 13.9 Å². The van der Waals surface area contributed by atoms with Gasteiger partial charge in [0.15, 0.2) is 22.8 Å². The van der Waals surface area contributed by atoms with Crippen molar-refractivity contribution in [2.45, 2.75) is 30.7 Å². The van der Waals surface area contributed by atoms with Crippen LogP contribution in [0.2, 0.25) is 0 Å². The lowest BCUT2D eigenvalue weighted by Crippen LogP contribution is -2.60. The number of phenols is 4. The predicted molar refractivity (Wildman–Crippen MR) is 109 cm³/mol. The maximum absolute atomic E-state index is 13.1. The highest BCUT2D eigenvalue weighted by atomic mass is 16.7. The minimum absolute atomic E-state index is 0.0995. The molecule has 12 nitrogen and oxygen atoms in total. The number of fused-ring (bicyclic) bond motifs is 1. The average Bonchev–Trinajstić information content (AvgIpc) is 2.78. The van der Waals surface area contributed by atoms with Crippen molar-refractivity contribution in [3.63, 3.8) is 0 Å². The number of hydrogen-bond donors (Lipinski definition) is 8. The van der Waals surface area contributed by atoms with E-state index < -0.39 is 82.5 Å². The molecule has 1 aliphatic rings. The summed E-state index contributed by atoms with van der Waals surface area (Å²) >= 11 is 0. The Hall–Kier alpha value is -3.55. The normalized spacial score (nSPS) is 25.3. The van der Waals surface area contributed by atoms with E-state index in [0.717, 1.165) is 24.5 Å². The van der Waals surface area contributed by atoms with Crippen LogP contribution in [0, 0.1) is 0 Å². The van der Waals surface area contributed by atoms with Crippen LogP contribution in [-0.2, 0) is 4.74 Å². The molecule has 0 amide bonds. The Labute approximate surface area is 184 Å². The number of ether oxygens (including phenoxy) is 2. The summed E-state index contributed by atoms with van der Waals surface area (Å²) in [6, 6.07) is 4.38. The highest BCUT2D eigenvalue weighted by molar-refractivity contribution is 5.93. The van der Waals surface area contributed by atoms with E-state index in [0.29, 0.717) is 0 Å². The van der Waals surface area contributed by atoms with Gasteiger partial charge in [-0.1, -0.05) is 6.07 Å². The second kappa shape index (κ2) is 8.42. The van der Waals surface area contributed by atoms with Gasteiger partial charge in [0.1, 0.15) is 41.8 Å². The van der Waals surface area contributed by atoms with Crippen LogP contribution in [0.4, 0.5) is 0 Å². The van der Waals surface area contributed by atoms with Crippen molar-refractivity contribution in [3.8, 4) is 39.9 Å². The summed E-state index contributed by atoms with van der Waals surface area (Å²) in [6.07, 6.45) is -7.23. The Morgan fingerprint density at radius 2 is 1.61 bits per heavy atom. The van der Waals surface area contributed by atoms with E-state index in [1.54, 1.807) is 0 Å². The van der Waals surface area contributed by atoms with Gasteiger partial charge in [-0.3, -0.25) is 4.79 Å². The van der Waals surface area contributed by atoms with Gasteiger partial charge in [0, 0.05) is 6.07 Å². The molecule has 1 aromatic heterocycles. The third kappa shape index (κ3) is 3.79. The zero-order valence-electron chi connectivity index (χ0n) is 16.7. The fourth-order valence-electron chi connectivity index (χ4n) is 3.54. The Balaban J connectivity index is 1.81. The van der Waals surface area contributed by atoms with Gasteiger partial charge in [-0.15, -0.1) is 0 Å². The maximum Gasteiger partial charge on any atom is 0.229 e.